The molecule has 0 aliphatic carbocycles. The number of para-hydroxylation sites is 1. The van der Waals surface area contributed by atoms with Crippen molar-refractivity contribution in [2.24, 2.45) is 10.7 Å². The van der Waals surface area contributed by atoms with Crippen molar-refractivity contribution >= 4 is 28.2 Å². The van der Waals surface area contributed by atoms with Gasteiger partial charge in [-0.05, 0) is 18.9 Å². The number of benzene rings is 1. The van der Waals surface area contributed by atoms with Crippen molar-refractivity contribution in [1.82, 2.24) is 14.5 Å². The lowest BCUT2D eigenvalue weighted by atomic mass is 10.1. The summed E-state index contributed by atoms with van der Waals surface area (Å²) in [6.07, 6.45) is 0.0257. The third-order valence-electron chi connectivity index (χ3n) is 5.02. The monoisotopic (exact) mass is 403 g/mol. The van der Waals surface area contributed by atoms with Crippen LogP contribution in [0.15, 0.2) is 47.2 Å². The number of pyridine rings is 1. The standard InChI is InChI=1S/C20H20F3N5O/c21-20(22,23)13(9-24)10-25-12-18-27-17-11-26-16-4-2-1-3-15(16)19(17)28(18)14-5-7-29-8-6-14/h1-4,9-11,14H,5-8,12,24H2. The number of allylic oxidation sites excluding steroid dienone is 1. The molecule has 1 aliphatic rings. The zero-order valence-electron chi connectivity index (χ0n) is 15.6. The Labute approximate surface area is 164 Å². The normalized spacial score (nSPS) is 17.0. The molecule has 4 rings (SSSR count). The fourth-order valence-corrected chi connectivity index (χ4v) is 3.66. The van der Waals surface area contributed by atoms with E-state index in [0.29, 0.717) is 30.8 Å². The topological polar surface area (TPSA) is 78.3 Å². The molecule has 0 atom stereocenters. The van der Waals surface area contributed by atoms with Crippen molar-refractivity contribution in [2.75, 3.05) is 13.2 Å². The number of fused-ring (bicyclic) bond motifs is 3. The van der Waals surface area contributed by atoms with Gasteiger partial charge in [-0.1, -0.05) is 18.2 Å². The number of hydrogen-bond donors (Lipinski definition) is 1. The molecule has 29 heavy (non-hydrogen) atoms. The van der Waals surface area contributed by atoms with E-state index in [9.17, 15) is 13.2 Å². The molecule has 3 aromatic rings. The van der Waals surface area contributed by atoms with E-state index in [1.807, 2.05) is 24.3 Å². The fourth-order valence-electron chi connectivity index (χ4n) is 3.66. The van der Waals surface area contributed by atoms with Gasteiger partial charge in [-0.25, -0.2) is 4.98 Å². The Morgan fingerprint density at radius 3 is 2.72 bits per heavy atom. The second kappa shape index (κ2) is 7.82. The Hall–Kier alpha value is -2.94. The first-order valence-electron chi connectivity index (χ1n) is 9.30. The number of alkyl halides is 3. The third-order valence-corrected chi connectivity index (χ3v) is 5.02. The van der Waals surface area contributed by atoms with Crippen LogP contribution in [0.5, 0.6) is 0 Å². The number of rotatable bonds is 4. The number of ether oxygens (including phenoxy) is 1. The van der Waals surface area contributed by atoms with Crippen LogP contribution in [-0.2, 0) is 11.3 Å². The van der Waals surface area contributed by atoms with Gasteiger partial charge in [-0.2, -0.15) is 13.2 Å². The van der Waals surface area contributed by atoms with Crippen LogP contribution in [-0.4, -0.2) is 40.1 Å². The molecule has 6 nitrogen and oxygen atoms in total. The van der Waals surface area contributed by atoms with Crippen LogP contribution in [0.3, 0.4) is 0 Å². The summed E-state index contributed by atoms with van der Waals surface area (Å²) in [6.45, 7) is 1.27. The maximum absolute atomic E-state index is 12.9. The smallest absolute Gasteiger partial charge is 0.404 e. The molecule has 2 aromatic heterocycles. The summed E-state index contributed by atoms with van der Waals surface area (Å²) < 4.78 is 46.2. The highest BCUT2D eigenvalue weighted by Gasteiger charge is 2.32. The van der Waals surface area contributed by atoms with E-state index in [1.165, 1.54) is 0 Å². The summed E-state index contributed by atoms with van der Waals surface area (Å²) in [4.78, 5) is 13.1. The zero-order valence-corrected chi connectivity index (χ0v) is 15.6. The van der Waals surface area contributed by atoms with Crippen molar-refractivity contribution in [3.63, 3.8) is 0 Å². The largest absolute Gasteiger partial charge is 0.419 e. The minimum atomic E-state index is -4.54. The van der Waals surface area contributed by atoms with E-state index >= 15 is 0 Å². The number of aliphatic imine (C=N–C) groups is 1. The van der Waals surface area contributed by atoms with Crippen LogP contribution in [0.4, 0.5) is 13.2 Å². The van der Waals surface area contributed by atoms with Crippen LogP contribution < -0.4 is 5.73 Å². The van der Waals surface area contributed by atoms with Gasteiger partial charge in [-0.3, -0.25) is 9.98 Å². The SMILES string of the molecule is NC=C(C=NCc1nc2cnc3ccccc3c2n1C1CCOCC1)C(F)(F)F. The van der Waals surface area contributed by atoms with Gasteiger partial charge < -0.3 is 15.0 Å². The Morgan fingerprint density at radius 2 is 2.00 bits per heavy atom. The molecule has 9 heteroatoms. The first kappa shape index (κ1) is 19.4. The van der Waals surface area contributed by atoms with E-state index in [1.54, 1.807) is 6.20 Å². The van der Waals surface area contributed by atoms with Gasteiger partial charge in [-0.15, -0.1) is 0 Å². The predicted molar refractivity (Wildman–Crippen MR) is 105 cm³/mol. The van der Waals surface area contributed by atoms with Crippen LogP contribution in [0, 0.1) is 0 Å². The van der Waals surface area contributed by atoms with Gasteiger partial charge in [0.25, 0.3) is 0 Å². The lowest BCUT2D eigenvalue weighted by molar-refractivity contribution is -0.0857. The average molecular weight is 403 g/mol. The van der Waals surface area contributed by atoms with Crippen LogP contribution in [0.25, 0.3) is 21.9 Å². The molecule has 0 radical (unpaired) electrons. The van der Waals surface area contributed by atoms with Crippen LogP contribution in [0.1, 0.15) is 24.7 Å². The molecule has 3 heterocycles. The molecule has 1 aromatic carbocycles. The number of aromatic nitrogens is 3. The van der Waals surface area contributed by atoms with E-state index in [0.717, 1.165) is 35.5 Å². The summed E-state index contributed by atoms with van der Waals surface area (Å²) >= 11 is 0. The molecular weight excluding hydrogens is 383 g/mol. The summed E-state index contributed by atoms with van der Waals surface area (Å²) in [5, 5.41) is 0.956. The third kappa shape index (κ3) is 3.82. The Kier molecular flexibility index (Phi) is 5.23. The van der Waals surface area contributed by atoms with E-state index in [-0.39, 0.29) is 12.6 Å². The van der Waals surface area contributed by atoms with Gasteiger partial charge in [0.05, 0.1) is 29.3 Å². The highest BCUT2D eigenvalue weighted by Crippen LogP contribution is 2.32. The van der Waals surface area contributed by atoms with E-state index in [4.69, 9.17) is 10.5 Å². The number of nitrogens with zero attached hydrogens (tertiary/aromatic N) is 4. The van der Waals surface area contributed by atoms with Crippen molar-refractivity contribution < 1.29 is 17.9 Å². The Balaban J connectivity index is 1.80. The lowest BCUT2D eigenvalue weighted by Crippen LogP contribution is -2.21. The molecule has 0 unspecified atom stereocenters. The molecule has 0 bridgehead atoms. The molecule has 0 spiro atoms. The summed E-state index contributed by atoms with van der Waals surface area (Å²) in [5.74, 6) is 0.597. The number of halogens is 3. The summed E-state index contributed by atoms with van der Waals surface area (Å²) in [6, 6.07) is 7.89. The molecule has 0 amide bonds. The van der Waals surface area contributed by atoms with E-state index in [2.05, 4.69) is 19.5 Å². The van der Waals surface area contributed by atoms with Crippen molar-refractivity contribution in [3.05, 3.63) is 48.1 Å². The minimum absolute atomic E-state index is 0.00772. The number of nitrogens with two attached hydrogens (primary N) is 1. The van der Waals surface area contributed by atoms with Crippen molar-refractivity contribution in [3.8, 4) is 0 Å². The zero-order chi connectivity index (χ0) is 20.4. The molecular formula is C20H20F3N5O. The van der Waals surface area contributed by atoms with Gasteiger partial charge in [0.2, 0.25) is 0 Å². The number of hydrogen-bond acceptors (Lipinski definition) is 5. The van der Waals surface area contributed by atoms with Gasteiger partial charge in [0.1, 0.15) is 11.3 Å². The maximum Gasteiger partial charge on any atom is 0.419 e. The number of imidazole rings is 1. The molecule has 1 saturated heterocycles. The molecule has 2 N–H and O–H groups in total. The first-order chi connectivity index (χ1) is 14.0. The lowest BCUT2D eigenvalue weighted by Gasteiger charge is -2.26. The molecule has 152 valence electrons. The average Bonchev–Trinajstić information content (AvgIpc) is 3.09. The quantitative estimate of drug-likeness (QED) is 0.670. The van der Waals surface area contributed by atoms with Crippen LogP contribution >= 0.6 is 0 Å². The van der Waals surface area contributed by atoms with Gasteiger partial charge in [0, 0.05) is 37.1 Å². The Bertz CT molecular complexity index is 1080. The minimum Gasteiger partial charge on any atom is -0.404 e. The molecule has 1 fully saturated rings. The fraction of sp³-hybridized carbons (Fsp3) is 0.350. The van der Waals surface area contributed by atoms with Crippen molar-refractivity contribution in [2.45, 2.75) is 31.6 Å². The maximum atomic E-state index is 12.9. The summed E-state index contributed by atoms with van der Waals surface area (Å²) in [5.41, 5.74) is 6.57. The van der Waals surface area contributed by atoms with Crippen molar-refractivity contribution in [1.29, 1.82) is 0 Å². The van der Waals surface area contributed by atoms with E-state index < -0.39 is 11.7 Å². The molecule has 0 saturated carbocycles. The highest BCUT2D eigenvalue weighted by atomic mass is 19.4. The highest BCUT2D eigenvalue weighted by molar-refractivity contribution is 6.02. The second-order valence-corrected chi connectivity index (χ2v) is 6.84. The Morgan fingerprint density at radius 1 is 1.24 bits per heavy atom. The molecule has 1 aliphatic heterocycles. The van der Waals surface area contributed by atoms with Gasteiger partial charge in [0.15, 0.2) is 0 Å². The van der Waals surface area contributed by atoms with Crippen LogP contribution in [0.2, 0.25) is 0 Å². The predicted octanol–water partition coefficient (Wildman–Crippen LogP) is 3.91. The summed E-state index contributed by atoms with van der Waals surface area (Å²) in [7, 11) is 0. The van der Waals surface area contributed by atoms with Gasteiger partial charge >= 0.3 is 6.18 Å². The first-order valence-corrected chi connectivity index (χ1v) is 9.30. The second-order valence-electron chi connectivity index (χ2n) is 6.84.